The van der Waals surface area contributed by atoms with Crippen LogP contribution in [0.3, 0.4) is 0 Å². The van der Waals surface area contributed by atoms with Crippen molar-refractivity contribution in [2.45, 2.75) is 72.3 Å². The first-order valence-corrected chi connectivity index (χ1v) is 7.64. The van der Waals surface area contributed by atoms with Gasteiger partial charge in [-0.1, -0.05) is 27.7 Å². The number of rotatable bonds is 2. The zero-order chi connectivity index (χ0) is 13.3. The maximum atomic E-state index is 12.4. The summed E-state index contributed by atoms with van der Waals surface area (Å²) in [4.78, 5) is 14.6. The van der Waals surface area contributed by atoms with Gasteiger partial charge in [0.25, 0.3) is 0 Å². The van der Waals surface area contributed by atoms with Gasteiger partial charge in [-0.2, -0.15) is 0 Å². The van der Waals surface area contributed by atoms with Gasteiger partial charge in [0, 0.05) is 19.0 Å². The average molecular weight is 251 g/mol. The van der Waals surface area contributed by atoms with Crippen LogP contribution < -0.4 is 0 Å². The quantitative estimate of drug-likeness (QED) is 0.730. The van der Waals surface area contributed by atoms with Crippen molar-refractivity contribution in [2.75, 3.05) is 6.54 Å². The number of piperidine rings is 1. The maximum Gasteiger partial charge on any atom is 0.222 e. The standard InChI is InChI=1S/C16H29NO/c1-12-9-13-5-6-14(10-12)17(11-13)15(18)7-8-16(2,3)4/h12-14H,5-11H2,1-4H3/t12-,13+,14-/m1/s1. The van der Waals surface area contributed by atoms with Crippen molar-refractivity contribution in [3.63, 3.8) is 0 Å². The smallest absolute Gasteiger partial charge is 0.222 e. The van der Waals surface area contributed by atoms with Crippen LogP contribution >= 0.6 is 0 Å². The third-order valence-electron chi connectivity index (χ3n) is 4.62. The molecule has 2 heteroatoms. The van der Waals surface area contributed by atoms with E-state index in [0.29, 0.717) is 11.9 Å². The first kappa shape index (κ1) is 13.9. The number of carbonyl (C=O) groups is 1. The molecule has 2 heterocycles. The van der Waals surface area contributed by atoms with E-state index in [1.54, 1.807) is 0 Å². The predicted octanol–water partition coefficient (Wildman–Crippen LogP) is 3.85. The summed E-state index contributed by atoms with van der Waals surface area (Å²) in [6, 6.07) is 0.547. The Hall–Kier alpha value is -0.530. The molecule has 1 aliphatic carbocycles. The lowest BCUT2D eigenvalue weighted by Gasteiger charge is -2.37. The Morgan fingerprint density at radius 2 is 1.94 bits per heavy atom. The van der Waals surface area contributed by atoms with E-state index in [-0.39, 0.29) is 5.41 Å². The third-order valence-corrected chi connectivity index (χ3v) is 4.62. The van der Waals surface area contributed by atoms with Crippen molar-refractivity contribution in [1.82, 2.24) is 4.90 Å². The minimum Gasteiger partial charge on any atom is -0.339 e. The molecule has 104 valence electrons. The Labute approximate surface area is 112 Å². The molecule has 3 atom stereocenters. The first-order chi connectivity index (χ1) is 8.35. The molecule has 0 aromatic heterocycles. The Morgan fingerprint density at radius 3 is 2.61 bits per heavy atom. The van der Waals surface area contributed by atoms with E-state index < -0.39 is 0 Å². The number of nitrogens with zero attached hydrogens (tertiary/aromatic N) is 1. The summed E-state index contributed by atoms with van der Waals surface area (Å²) in [5, 5.41) is 0. The molecule has 2 aliphatic heterocycles. The molecule has 2 bridgehead atoms. The monoisotopic (exact) mass is 251 g/mol. The molecule has 0 N–H and O–H groups in total. The van der Waals surface area contributed by atoms with Gasteiger partial charge in [0.1, 0.15) is 0 Å². The van der Waals surface area contributed by atoms with Crippen LogP contribution in [0.4, 0.5) is 0 Å². The molecule has 0 aromatic carbocycles. The van der Waals surface area contributed by atoms with Crippen molar-refractivity contribution in [1.29, 1.82) is 0 Å². The Morgan fingerprint density at radius 1 is 1.22 bits per heavy atom. The highest BCUT2D eigenvalue weighted by molar-refractivity contribution is 5.76. The van der Waals surface area contributed by atoms with Gasteiger partial charge in [-0.15, -0.1) is 0 Å². The third kappa shape index (κ3) is 3.49. The lowest BCUT2D eigenvalue weighted by atomic mass is 9.89. The van der Waals surface area contributed by atoms with Crippen LogP contribution in [0.2, 0.25) is 0 Å². The molecule has 0 unspecified atom stereocenters. The van der Waals surface area contributed by atoms with Gasteiger partial charge in [-0.05, 0) is 49.4 Å². The molecule has 1 amide bonds. The minimum atomic E-state index is 0.272. The molecule has 1 saturated carbocycles. The zero-order valence-electron chi connectivity index (χ0n) is 12.5. The zero-order valence-corrected chi connectivity index (χ0v) is 12.5. The molecule has 3 fully saturated rings. The van der Waals surface area contributed by atoms with E-state index in [4.69, 9.17) is 0 Å². The summed E-state index contributed by atoms with van der Waals surface area (Å²) in [6.07, 6.45) is 6.90. The highest BCUT2D eigenvalue weighted by atomic mass is 16.2. The van der Waals surface area contributed by atoms with Crippen LogP contribution in [-0.4, -0.2) is 23.4 Å². The SMILES string of the molecule is C[C@@H]1C[C@@H]2CC[C@H](C1)N(C(=O)CCC(C)(C)C)C2. The summed E-state index contributed by atoms with van der Waals surface area (Å²) in [7, 11) is 0. The lowest BCUT2D eigenvalue weighted by Crippen LogP contribution is -2.45. The second-order valence-corrected chi connectivity index (χ2v) is 7.78. The number of amides is 1. The van der Waals surface area contributed by atoms with Gasteiger partial charge in [0.05, 0.1) is 0 Å². The summed E-state index contributed by atoms with van der Waals surface area (Å²) >= 11 is 0. The first-order valence-electron chi connectivity index (χ1n) is 7.64. The van der Waals surface area contributed by atoms with Crippen molar-refractivity contribution < 1.29 is 4.79 Å². The fourth-order valence-corrected chi connectivity index (χ4v) is 3.60. The summed E-state index contributed by atoms with van der Waals surface area (Å²) in [6.45, 7) is 10.1. The normalized spacial score (nSPS) is 32.4. The highest BCUT2D eigenvalue weighted by Gasteiger charge is 2.36. The van der Waals surface area contributed by atoms with Gasteiger partial charge in [0.15, 0.2) is 0 Å². The molecule has 3 aliphatic rings. The average Bonchev–Trinajstić information content (AvgIpc) is 2.53. The molecule has 2 nitrogen and oxygen atoms in total. The number of fused-ring (bicyclic) bond motifs is 4. The summed E-state index contributed by atoms with van der Waals surface area (Å²) in [5.74, 6) is 1.99. The van der Waals surface area contributed by atoms with Crippen LogP contribution in [0.1, 0.15) is 66.2 Å². The van der Waals surface area contributed by atoms with Gasteiger partial charge < -0.3 is 4.90 Å². The van der Waals surface area contributed by atoms with Crippen molar-refractivity contribution in [2.24, 2.45) is 17.3 Å². The van der Waals surface area contributed by atoms with E-state index in [0.717, 1.165) is 31.2 Å². The van der Waals surface area contributed by atoms with Gasteiger partial charge >= 0.3 is 0 Å². The van der Waals surface area contributed by atoms with Crippen LogP contribution in [0, 0.1) is 17.3 Å². The van der Waals surface area contributed by atoms with Crippen LogP contribution in [0.15, 0.2) is 0 Å². The molecule has 0 radical (unpaired) electrons. The highest BCUT2D eigenvalue weighted by Crippen LogP contribution is 2.36. The lowest BCUT2D eigenvalue weighted by molar-refractivity contribution is -0.136. The minimum absolute atomic E-state index is 0.272. The van der Waals surface area contributed by atoms with Crippen LogP contribution in [-0.2, 0) is 4.79 Å². The topological polar surface area (TPSA) is 20.3 Å². The van der Waals surface area contributed by atoms with Gasteiger partial charge in [-0.25, -0.2) is 0 Å². The van der Waals surface area contributed by atoms with E-state index >= 15 is 0 Å². The molecular weight excluding hydrogens is 222 g/mol. The largest absolute Gasteiger partial charge is 0.339 e. The van der Waals surface area contributed by atoms with Crippen molar-refractivity contribution in [3.05, 3.63) is 0 Å². The molecule has 2 saturated heterocycles. The molecule has 0 spiro atoms. The molecule has 18 heavy (non-hydrogen) atoms. The Balaban J connectivity index is 1.94. The fraction of sp³-hybridized carbons (Fsp3) is 0.938. The predicted molar refractivity (Wildman–Crippen MR) is 75.3 cm³/mol. The molecule has 0 aromatic rings. The summed E-state index contributed by atoms with van der Waals surface area (Å²) in [5.41, 5.74) is 0.272. The number of hydrogen-bond acceptors (Lipinski definition) is 1. The second kappa shape index (κ2) is 5.22. The number of carbonyl (C=O) groups excluding carboxylic acids is 1. The number of hydrogen-bond donors (Lipinski definition) is 0. The van der Waals surface area contributed by atoms with Gasteiger partial charge in [0.2, 0.25) is 5.91 Å². The van der Waals surface area contributed by atoms with Gasteiger partial charge in [-0.3, -0.25) is 4.79 Å². The van der Waals surface area contributed by atoms with Crippen molar-refractivity contribution in [3.8, 4) is 0 Å². The molecule has 3 rings (SSSR count). The second-order valence-electron chi connectivity index (χ2n) is 7.78. The summed E-state index contributed by atoms with van der Waals surface area (Å²) < 4.78 is 0. The van der Waals surface area contributed by atoms with E-state index in [2.05, 4.69) is 32.6 Å². The molecular formula is C16H29NO. The van der Waals surface area contributed by atoms with Crippen LogP contribution in [0.25, 0.3) is 0 Å². The Bertz CT molecular complexity index is 305. The van der Waals surface area contributed by atoms with Crippen LogP contribution in [0.5, 0.6) is 0 Å². The van der Waals surface area contributed by atoms with E-state index in [1.165, 1.54) is 25.7 Å². The fourth-order valence-electron chi connectivity index (χ4n) is 3.60. The van der Waals surface area contributed by atoms with E-state index in [1.807, 2.05) is 0 Å². The van der Waals surface area contributed by atoms with Crippen molar-refractivity contribution >= 4 is 5.91 Å². The maximum absolute atomic E-state index is 12.4. The Kier molecular flexibility index (Phi) is 4.03. The van der Waals surface area contributed by atoms with E-state index in [9.17, 15) is 4.79 Å².